The molecule has 0 bridgehead atoms. The van der Waals surface area contributed by atoms with Crippen LogP contribution < -0.4 is 0 Å². The van der Waals surface area contributed by atoms with Crippen molar-refractivity contribution in [3.63, 3.8) is 0 Å². The van der Waals surface area contributed by atoms with Crippen molar-refractivity contribution in [1.82, 2.24) is 4.90 Å². The summed E-state index contributed by atoms with van der Waals surface area (Å²) in [5, 5.41) is 8.63. The summed E-state index contributed by atoms with van der Waals surface area (Å²) in [6, 6.07) is 0.605. The van der Waals surface area contributed by atoms with Crippen LogP contribution in [-0.4, -0.2) is 59.8 Å². The minimum Gasteiger partial charge on any atom is -0.465 e. The van der Waals surface area contributed by atoms with E-state index in [-0.39, 0.29) is 0 Å². The third-order valence-electron chi connectivity index (χ3n) is 2.24. The van der Waals surface area contributed by atoms with E-state index < -0.39 is 14.9 Å². The first-order chi connectivity index (χ1) is 7.01. The molecule has 0 aliphatic rings. The van der Waals surface area contributed by atoms with Gasteiger partial charge in [0.15, 0.2) is 0 Å². The van der Waals surface area contributed by atoms with Crippen molar-refractivity contribution in [1.29, 1.82) is 0 Å². The van der Waals surface area contributed by atoms with Crippen LogP contribution in [-0.2, 0) is 13.3 Å². The molecular formula is C8H19NO5Si. The van der Waals surface area contributed by atoms with Gasteiger partial charge in [0, 0.05) is 41.0 Å². The zero-order chi connectivity index (χ0) is 11.9. The summed E-state index contributed by atoms with van der Waals surface area (Å²) in [6.07, 6.45) is -0.278. The largest absolute Gasteiger partial charge is 0.500 e. The SMILES string of the molecule is CO[Si](CCCN(C)C(=O)O)(OC)OC. The molecule has 1 amide bonds. The van der Waals surface area contributed by atoms with E-state index in [4.69, 9.17) is 18.4 Å². The molecule has 0 aliphatic heterocycles. The highest BCUT2D eigenvalue weighted by Crippen LogP contribution is 2.14. The van der Waals surface area contributed by atoms with Gasteiger partial charge in [0.25, 0.3) is 0 Å². The molecule has 0 unspecified atom stereocenters. The second-order valence-corrected chi connectivity index (χ2v) is 6.19. The Balaban J connectivity index is 3.96. The molecule has 0 saturated heterocycles. The Labute approximate surface area is 91.1 Å². The second-order valence-electron chi connectivity index (χ2n) is 3.10. The number of nitrogens with zero attached hydrogens (tertiary/aromatic N) is 1. The fraction of sp³-hybridized carbons (Fsp3) is 0.875. The van der Waals surface area contributed by atoms with Crippen LogP contribution in [0.1, 0.15) is 6.42 Å². The minimum atomic E-state index is -2.54. The third kappa shape index (κ3) is 4.60. The number of carboxylic acid groups (broad SMARTS) is 1. The molecule has 15 heavy (non-hydrogen) atoms. The van der Waals surface area contributed by atoms with E-state index in [1.165, 1.54) is 11.9 Å². The van der Waals surface area contributed by atoms with Gasteiger partial charge in [0.2, 0.25) is 0 Å². The van der Waals surface area contributed by atoms with Gasteiger partial charge in [0.1, 0.15) is 0 Å². The normalized spacial score (nSPS) is 11.5. The summed E-state index contributed by atoms with van der Waals surface area (Å²) >= 11 is 0. The lowest BCUT2D eigenvalue weighted by Crippen LogP contribution is -2.43. The van der Waals surface area contributed by atoms with Gasteiger partial charge in [-0.05, 0) is 6.42 Å². The zero-order valence-corrected chi connectivity index (χ0v) is 10.6. The molecule has 1 N–H and O–H groups in total. The highest BCUT2D eigenvalue weighted by atomic mass is 28.4. The zero-order valence-electron chi connectivity index (χ0n) is 9.65. The average Bonchev–Trinajstić information content (AvgIpc) is 2.24. The summed E-state index contributed by atoms with van der Waals surface area (Å²) in [7, 11) is 3.61. The summed E-state index contributed by atoms with van der Waals surface area (Å²) < 4.78 is 15.6. The Kier molecular flexibility index (Phi) is 6.49. The number of amides is 1. The maximum absolute atomic E-state index is 10.5. The first kappa shape index (κ1) is 14.4. The number of rotatable bonds is 7. The molecule has 0 saturated carbocycles. The number of carbonyl (C=O) groups is 1. The van der Waals surface area contributed by atoms with Crippen LogP contribution in [0.2, 0.25) is 6.04 Å². The molecule has 0 aromatic rings. The highest BCUT2D eigenvalue weighted by Gasteiger charge is 2.37. The summed E-state index contributed by atoms with van der Waals surface area (Å²) in [5.41, 5.74) is 0. The van der Waals surface area contributed by atoms with E-state index in [9.17, 15) is 4.79 Å². The lowest BCUT2D eigenvalue weighted by Gasteiger charge is -2.24. The first-order valence-electron chi connectivity index (χ1n) is 4.61. The molecule has 0 rings (SSSR count). The van der Waals surface area contributed by atoms with Gasteiger partial charge in [-0.15, -0.1) is 0 Å². The van der Waals surface area contributed by atoms with Crippen molar-refractivity contribution in [2.75, 3.05) is 34.9 Å². The van der Waals surface area contributed by atoms with Gasteiger partial charge in [-0.1, -0.05) is 0 Å². The summed E-state index contributed by atoms with van der Waals surface area (Å²) in [5.74, 6) is 0. The molecule has 6 nitrogen and oxygen atoms in total. The third-order valence-corrected chi connectivity index (χ3v) is 5.07. The Hall–Kier alpha value is -0.633. The van der Waals surface area contributed by atoms with Crippen molar-refractivity contribution in [3.8, 4) is 0 Å². The van der Waals surface area contributed by atoms with Crippen molar-refractivity contribution in [2.45, 2.75) is 12.5 Å². The van der Waals surface area contributed by atoms with Crippen LogP contribution in [0.3, 0.4) is 0 Å². The number of hydrogen-bond donors (Lipinski definition) is 1. The molecule has 7 heteroatoms. The molecule has 90 valence electrons. The minimum absolute atomic E-state index is 0.445. The molecule has 0 radical (unpaired) electrons. The Morgan fingerprint density at radius 1 is 1.27 bits per heavy atom. The monoisotopic (exact) mass is 237 g/mol. The standard InChI is InChI=1S/C8H19NO5Si/c1-9(8(10)11)6-5-7-15(12-2,13-3)14-4/h5-7H2,1-4H3,(H,10,11). The first-order valence-corrected chi connectivity index (χ1v) is 6.54. The second kappa shape index (κ2) is 6.78. The molecule has 0 atom stereocenters. The predicted octanol–water partition coefficient (Wildman–Crippen LogP) is 0.864. The molecule has 0 fully saturated rings. The lowest BCUT2D eigenvalue weighted by atomic mass is 10.4. The number of hydrogen-bond acceptors (Lipinski definition) is 4. The summed E-state index contributed by atoms with van der Waals surface area (Å²) in [6.45, 7) is 0.445. The molecule has 0 aromatic carbocycles. The average molecular weight is 237 g/mol. The van der Waals surface area contributed by atoms with Crippen molar-refractivity contribution in [2.24, 2.45) is 0 Å². The van der Waals surface area contributed by atoms with Crippen LogP contribution >= 0.6 is 0 Å². The Morgan fingerprint density at radius 2 is 1.73 bits per heavy atom. The smallest absolute Gasteiger partial charge is 0.465 e. The van der Waals surface area contributed by atoms with Gasteiger partial charge in [-0.25, -0.2) is 4.79 Å². The Bertz CT molecular complexity index is 189. The molecule has 0 aromatic heterocycles. The molecule has 0 aliphatic carbocycles. The van der Waals surface area contributed by atoms with E-state index in [0.29, 0.717) is 19.0 Å². The summed E-state index contributed by atoms with van der Waals surface area (Å²) in [4.78, 5) is 11.7. The molecule has 0 heterocycles. The maximum Gasteiger partial charge on any atom is 0.500 e. The molecule has 0 spiro atoms. The van der Waals surface area contributed by atoms with Gasteiger partial charge in [0.05, 0.1) is 0 Å². The van der Waals surface area contributed by atoms with E-state index in [0.717, 1.165) is 0 Å². The van der Waals surface area contributed by atoms with E-state index in [2.05, 4.69) is 0 Å². The van der Waals surface area contributed by atoms with Crippen LogP contribution in [0, 0.1) is 0 Å². The van der Waals surface area contributed by atoms with Gasteiger partial charge >= 0.3 is 14.9 Å². The fourth-order valence-corrected chi connectivity index (χ4v) is 2.89. The topological polar surface area (TPSA) is 68.2 Å². The molecular weight excluding hydrogens is 218 g/mol. The van der Waals surface area contributed by atoms with E-state index >= 15 is 0 Å². The van der Waals surface area contributed by atoms with E-state index in [1.54, 1.807) is 21.3 Å². The quantitative estimate of drug-likeness (QED) is 0.665. The van der Waals surface area contributed by atoms with Crippen LogP contribution in [0.5, 0.6) is 0 Å². The van der Waals surface area contributed by atoms with Gasteiger partial charge in [-0.2, -0.15) is 0 Å². The van der Waals surface area contributed by atoms with Crippen LogP contribution in [0.15, 0.2) is 0 Å². The van der Waals surface area contributed by atoms with Crippen LogP contribution in [0.4, 0.5) is 4.79 Å². The van der Waals surface area contributed by atoms with Crippen molar-refractivity contribution >= 4 is 14.9 Å². The Morgan fingerprint density at radius 3 is 2.07 bits per heavy atom. The predicted molar refractivity (Wildman–Crippen MR) is 56.9 cm³/mol. The van der Waals surface area contributed by atoms with Crippen molar-refractivity contribution < 1.29 is 23.2 Å². The van der Waals surface area contributed by atoms with E-state index in [1.807, 2.05) is 0 Å². The van der Waals surface area contributed by atoms with Crippen LogP contribution in [0.25, 0.3) is 0 Å². The highest BCUT2D eigenvalue weighted by molar-refractivity contribution is 6.60. The van der Waals surface area contributed by atoms with Gasteiger partial charge in [-0.3, -0.25) is 0 Å². The van der Waals surface area contributed by atoms with Crippen molar-refractivity contribution in [3.05, 3.63) is 0 Å². The fourth-order valence-electron chi connectivity index (χ4n) is 1.18. The lowest BCUT2D eigenvalue weighted by molar-refractivity contribution is 0.120. The maximum atomic E-state index is 10.5. The van der Waals surface area contributed by atoms with Gasteiger partial charge < -0.3 is 23.3 Å².